The largest absolute Gasteiger partial charge is 0.480 e. The van der Waals surface area contributed by atoms with Crippen LogP contribution < -0.4 is 15.4 Å². The van der Waals surface area contributed by atoms with Crippen LogP contribution in [0.25, 0.3) is 10.2 Å². The predicted octanol–water partition coefficient (Wildman–Crippen LogP) is 2.45. The molecule has 0 aliphatic carbocycles. The number of amides is 1. The van der Waals surface area contributed by atoms with Gasteiger partial charge in [-0.25, -0.2) is 4.98 Å². The molecule has 144 valence electrons. The summed E-state index contributed by atoms with van der Waals surface area (Å²) in [5, 5.41) is 7.36. The summed E-state index contributed by atoms with van der Waals surface area (Å²) >= 11 is 1.38. The Kier molecular flexibility index (Phi) is 7.16. The van der Waals surface area contributed by atoms with Gasteiger partial charge in [-0.2, -0.15) is 4.98 Å². The molecule has 9 heteroatoms. The summed E-state index contributed by atoms with van der Waals surface area (Å²) < 4.78 is 10.5. The van der Waals surface area contributed by atoms with Crippen molar-refractivity contribution in [2.45, 2.75) is 45.4 Å². The van der Waals surface area contributed by atoms with Crippen molar-refractivity contribution >= 4 is 39.9 Å². The van der Waals surface area contributed by atoms with E-state index in [1.165, 1.54) is 11.3 Å². The smallest absolute Gasteiger partial charge is 0.261 e. The Hall–Kier alpha value is -1.48. The number of fused-ring (bicyclic) bond motifs is 1. The average Bonchev–Trinajstić information content (AvgIpc) is 2.91. The van der Waals surface area contributed by atoms with Gasteiger partial charge in [0, 0.05) is 19.2 Å². The number of nitrogens with one attached hydrogen (secondary N) is 2. The molecule has 1 fully saturated rings. The van der Waals surface area contributed by atoms with E-state index in [-0.39, 0.29) is 24.4 Å². The molecule has 2 N–H and O–H groups in total. The van der Waals surface area contributed by atoms with Crippen LogP contribution in [-0.2, 0) is 11.3 Å². The Morgan fingerprint density at radius 3 is 2.81 bits per heavy atom. The number of piperidine rings is 1. The van der Waals surface area contributed by atoms with Crippen molar-refractivity contribution in [3.05, 3.63) is 16.3 Å². The number of nitrogens with zero attached hydrogens (tertiary/aromatic N) is 2. The summed E-state index contributed by atoms with van der Waals surface area (Å²) in [4.78, 5) is 23.1. The summed E-state index contributed by atoms with van der Waals surface area (Å²) in [6.07, 6.45) is 1.89. The van der Waals surface area contributed by atoms with Crippen molar-refractivity contribution in [3.63, 3.8) is 0 Å². The van der Waals surface area contributed by atoms with Crippen molar-refractivity contribution in [1.82, 2.24) is 20.6 Å². The van der Waals surface area contributed by atoms with Gasteiger partial charge < -0.3 is 20.1 Å². The van der Waals surface area contributed by atoms with Gasteiger partial charge in [0.15, 0.2) is 5.82 Å². The van der Waals surface area contributed by atoms with Crippen LogP contribution in [0.2, 0.25) is 0 Å². The second kappa shape index (κ2) is 8.94. The highest BCUT2D eigenvalue weighted by molar-refractivity contribution is 7.20. The third kappa shape index (κ3) is 4.25. The third-order valence-corrected chi connectivity index (χ3v) is 5.62. The fourth-order valence-electron chi connectivity index (χ4n) is 3.22. The highest BCUT2D eigenvalue weighted by Gasteiger charge is 2.25. The predicted molar refractivity (Wildman–Crippen MR) is 105 cm³/mol. The van der Waals surface area contributed by atoms with E-state index in [0.717, 1.165) is 35.2 Å². The number of ether oxygens (including phenoxy) is 2. The lowest BCUT2D eigenvalue weighted by Crippen LogP contribution is -2.46. The van der Waals surface area contributed by atoms with Crippen molar-refractivity contribution in [2.24, 2.45) is 0 Å². The summed E-state index contributed by atoms with van der Waals surface area (Å²) in [6.45, 7) is 5.29. The van der Waals surface area contributed by atoms with Crippen LogP contribution in [0.1, 0.15) is 40.8 Å². The number of rotatable bonds is 5. The van der Waals surface area contributed by atoms with Gasteiger partial charge in [-0.15, -0.1) is 23.7 Å². The number of hydrogen-bond acceptors (Lipinski definition) is 7. The van der Waals surface area contributed by atoms with Gasteiger partial charge in [0.05, 0.1) is 17.4 Å². The average molecular weight is 401 g/mol. The minimum atomic E-state index is -0.0463. The molecule has 1 amide bonds. The van der Waals surface area contributed by atoms with E-state index in [4.69, 9.17) is 9.47 Å². The summed E-state index contributed by atoms with van der Waals surface area (Å²) in [7, 11) is 3.17. The van der Waals surface area contributed by atoms with Gasteiger partial charge in [-0.1, -0.05) is 0 Å². The topological polar surface area (TPSA) is 85.4 Å². The van der Waals surface area contributed by atoms with Crippen molar-refractivity contribution in [1.29, 1.82) is 0 Å². The van der Waals surface area contributed by atoms with Crippen molar-refractivity contribution < 1.29 is 14.3 Å². The second-order valence-corrected chi connectivity index (χ2v) is 7.37. The number of aromatic nitrogens is 2. The van der Waals surface area contributed by atoms with Crippen LogP contribution in [0.3, 0.4) is 0 Å². The van der Waals surface area contributed by atoms with E-state index in [1.54, 1.807) is 14.2 Å². The Morgan fingerprint density at radius 2 is 2.15 bits per heavy atom. The summed E-state index contributed by atoms with van der Waals surface area (Å²) in [5.74, 6) is 0.988. The molecule has 0 saturated carbocycles. The van der Waals surface area contributed by atoms with E-state index in [1.807, 2.05) is 6.92 Å². The molecule has 2 aromatic heterocycles. The van der Waals surface area contributed by atoms with Gasteiger partial charge in [-0.3, -0.25) is 4.79 Å². The molecule has 0 aromatic carbocycles. The number of aryl methyl sites for hydroxylation is 1. The summed E-state index contributed by atoms with van der Waals surface area (Å²) in [5.41, 5.74) is 0.861. The van der Waals surface area contributed by atoms with Crippen LogP contribution in [0.4, 0.5) is 0 Å². The molecule has 1 saturated heterocycles. The molecular weight excluding hydrogens is 376 g/mol. The van der Waals surface area contributed by atoms with E-state index >= 15 is 0 Å². The maximum Gasteiger partial charge on any atom is 0.261 e. The normalized spacial score (nSPS) is 19.8. The number of carbonyl (C=O) groups is 1. The fraction of sp³-hybridized carbons (Fsp3) is 0.588. The van der Waals surface area contributed by atoms with Gasteiger partial charge in [0.25, 0.3) is 5.91 Å². The molecule has 0 bridgehead atoms. The Morgan fingerprint density at radius 1 is 1.38 bits per heavy atom. The Bertz CT molecular complexity index is 783. The molecule has 1 aliphatic rings. The van der Waals surface area contributed by atoms with Crippen LogP contribution in [0, 0.1) is 6.92 Å². The number of thiophene rings is 1. The quantitative estimate of drug-likeness (QED) is 0.801. The van der Waals surface area contributed by atoms with E-state index < -0.39 is 0 Å². The first-order valence-electron chi connectivity index (χ1n) is 8.40. The number of hydrogen-bond donors (Lipinski definition) is 2. The van der Waals surface area contributed by atoms with Crippen LogP contribution >= 0.6 is 23.7 Å². The van der Waals surface area contributed by atoms with Gasteiger partial charge >= 0.3 is 0 Å². The third-order valence-electron chi connectivity index (χ3n) is 4.44. The van der Waals surface area contributed by atoms with Crippen LogP contribution in [0.5, 0.6) is 5.88 Å². The second-order valence-electron chi connectivity index (χ2n) is 6.37. The summed E-state index contributed by atoms with van der Waals surface area (Å²) in [6, 6.07) is 0.621. The molecular formula is C17H25ClN4O3S. The lowest BCUT2D eigenvalue weighted by atomic mass is 10.0. The van der Waals surface area contributed by atoms with Gasteiger partial charge in [-0.05, 0) is 38.8 Å². The van der Waals surface area contributed by atoms with E-state index in [9.17, 15) is 4.79 Å². The standard InChI is InChI=1S/C17H24N4O3S.ClH/c1-9-7-11(5-6-18-9)19-15(22)14-10(2)13-16(24-4)20-12(8-23-3)21-17(13)25-14;/h9,11,18H,5-8H2,1-4H3,(H,19,22);1H. The highest BCUT2D eigenvalue weighted by Crippen LogP contribution is 2.35. The van der Waals surface area contributed by atoms with E-state index in [2.05, 4.69) is 27.5 Å². The Labute approximate surface area is 163 Å². The van der Waals surface area contributed by atoms with Crippen molar-refractivity contribution in [2.75, 3.05) is 20.8 Å². The molecule has 26 heavy (non-hydrogen) atoms. The minimum Gasteiger partial charge on any atom is -0.480 e. The first kappa shape index (κ1) is 20.8. The van der Waals surface area contributed by atoms with Crippen LogP contribution in [-0.4, -0.2) is 48.7 Å². The molecule has 2 atom stereocenters. The first-order chi connectivity index (χ1) is 12.0. The van der Waals surface area contributed by atoms with Gasteiger partial charge in [0.2, 0.25) is 5.88 Å². The lowest BCUT2D eigenvalue weighted by Gasteiger charge is -2.28. The van der Waals surface area contributed by atoms with Crippen LogP contribution in [0.15, 0.2) is 0 Å². The zero-order chi connectivity index (χ0) is 18.0. The van der Waals surface area contributed by atoms with Crippen molar-refractivity contribution in [3.8, 4) is 5.88 Å². The molecule has 3 heterocycles. The first-order valence-corrected chi connectivity index (χ1v) is 9.22. The van der Waals surface area contributed by atoms with E-state index in [0.29, 0.717) is 29.2 Å². The maximum absolute atomic E-state index is 12.8. The molecule has 0 radical (unpaired) electrons. The minimum absolute atomic E-state index is 0. The SMILES string of the molecule is COCc1nc(OC)c2c(C)c(C(=O)NC3CCNC(C)C3)sc2n1.Cl. The van der Waals surface area contributed by atoms with Gasteiger partial charge in [0.1, 0.15) is 11.4 Å². The molecule has 3 rings (SSSR count). The molecule has 2 unspecified atom stereocenters. The zero-order valence-corrected chi connectivity index (χ0v) is 17.1. The maximum atomic E-state index is 12.8. The molecule has 0 spiro atoms. The number of carbonyl (C=O) groups excluding carboxylic acids is 1. The lowest BCUT2D eigenvalue weighted by molar-refractivity contribution is 0.0929. The number of halogens is 1. The fourth-order valence-corrected chi connectivity index (χ4v) is 4.31. The zero-order valence-electron chi connectivity index (χ0n) is 15.4. The highest BCUT2D eigenvalue weighted by atomic mass is 35.5. The monoisotopic (exact) mass is 400 g/mol. The molecule has 1 aliphatic heterocycles. The number of methoxy groups -OCH3 is 2. The molecule has 2 aromatic rings. The molecule has 7 nitrogen and oxygen atoms in total. The Balaban J connectivity index is 0.00000243.